The van der Waals surface area contributed by atoms with Gasteiger partial charge in [0.15, 0.2) is 5.11 Å². The van der Waals surface area contributed by atoms with Crippen molar-refractivity contribution in [1.82, 2.24) is 5.32 Å². The van der Waals surface area contributed by atoms with Gasteiger partial charge in [-0.15, -0.1) is 0 Å². The van der Waals surface area contributed by atoms with Gasteiger partial charge in [0.2, 0.25) is 0 Å². The van der Waals surface area contributed by atoms with E-state index in [0.717, 1.165) is 5.56 Å². The van der Waals surface area contributed by atoms with Crippen LogP contribution in [0.5, 0.6) is 0 Å². The zero-order valence-electron chi connectivity index (χ0n) is 13.0. The summed E-state index contributed by atoms with van der Waals surface area (Å²) >= 11 is 4.92. The number of nitrogens with one attached hydrogen (secondary N) is 2. The fraction of sp³-hybridized carbons (Fsp3) is 0.188. The minimum absolute atomic E-state index is 0.0516. The topological polar surface area (TPSA) is 50.1 Å². The molecule has 0 amide bonds. The molecule has 2 aromatic rings. The van der Waals surface area contributed by atoms with Crippen LogP contribution < -0.4 is 16.4 Å². The van der Waals surface area contributed by atoms with Crippen LogP contribution in [0.2, 0.25) is 0 Å². The molecule has 0 aliphatic rings. The smallest absolute Gasteiger partial charge is 0.399 e. The first-order chi connectivity index (χ1) is 11.9. The van der Waals surface area contributed by atoms with E-state index in [1.807, 2.05) is 0 Å². The van der Waals surface area contributed by atoms with Crippen molar-refractivity contribution in [2.75, 3.05) is 11.1 Å². The summed E-state index contributed by atoms with van der Waals surface area (Å²) in [7, 11) is 0. The number of alkyl halides is 6. The van der Waals surface area contributed by atoms with Gasteiger partial charge in [0.1, 0.15) is 0 Å². The maximum atomic E-state index is 12.8. The van der Waals surface area contributed by atoms with E-state index in [1.165, 1.54) is 0 Å². The second-order valence-electron chi connectivity index (χ2n) is 5.34. The summed E-state index contributed by atoms with van der Waals surface area (Å²) in [6.45, 7) is 0.219. The van der Waals surface area contributed by atoms with Gasteiger partial charge in [-0.05, 0) is 48.1 Å². The van der Waals surface area contributed by atoms with Crippen molar-refractivity contribution in [2.45, 2.75) is 18.9 Å². The van der Waals surface area contributed by atoms with Crippen LogP contribution in [-0.2, 0) is 18.9 Å². The fourth-order valence-electron chi connectivity index (χ4n) is 2.02. The Labute approximate surface area is 150 Å². The average molecular weight is 393 g/mol. The van der Waals surface area contributed by atoms with Crippen molar-refractivity contribution in [3.8, 4) is 0 Å². The molecule has 0 aromatic heterocycles. The van der Waals surface area contributed by atoms with Gasteiger partial charge in [-0.2, -0.15) is 26.3 Å². The van der Waals surface area contributed by atoms with Crippen molar-refractivity contribution in [3.05, 3.63) is 59.2 Å². The Hall–Kier alpha value is -2.49. The van der Waals surface area contributed by atoms with Crippen molar-refractivity contribution >= 4 is 28.7 Å². The number of hydrogen-bond donors (Lipinski definition) is 3. The van der Waals surface area contributed by atoms with Gasteiger partial charge < -0.3 is 16.4 Å². The molecule has 0 aliphatic carbocycles. The zero-order chi connectivity index (χ0) is 19.5. The first kappa shape index (κ1) is 19.8. The van der Waals surface area contributed by atoms with Crippen LogP contribution in [0, 0.1) is 0 Å². The minimum Gasteiger partial charge on any atom is -0.399 e. The molecular weight excluding hydrogens is 380 g/mol. The molecule has 0 atom stereocenters. The maximum absolute atomic E-state index is 12.8. The van der Waals surface area contributed by atoms with Crippen LogP contribution in [0.4, 0.5) is 37.7 Å². The molecule has 0 radical (unpaired) electrons. The van der Waals surface area contributed by atoms with Crippen LogP contribution in [0.15, 0.2) is 42.5 Å². The number of rotatable bonds is 3. The van der Waals surface area contributed by atoms with E-state index in [4.69, 9.17) is 18.0 Å². The van der Waals surface area contributed by atoms with Crippen LogP contribution >= 0.6 is 12.2 Å². The second-order valence-corrected chi connectivity index (χ2v) is 5.75. The van der Waals surface area contributed by atoms with Gasteiger partial charge in [-0.1, -0.05) is 12.1 Å². The number of anilines is 2. The zero-order valence-corrected chi connectivity index (χ0v) is 13.8. The predicted molar refractivity (Wildman–Crippen MR) is 90.4 cm³/mol. The quantitative estimate of drug-likeness (QED) is 0.399. The van der Waals surface area contributed by atoms with Gasteiger partial charge in [0, 0.05) is 17.9 Å². The lowest BCUT2D eigenvalue weighted by Crippen LogP contribution is -2.28. The lowest BCUT2D eigenvalue weighted by atomic mass is 10.1. The molecule has 10 heteroatoms. The largest absolute Gasteiger partial charge is 0.416 e. The van der Waals surface area contributed by atoms with E-state index in [9.17, 15) is 26.3 Å². The van der Waals surface area contributed by atoms with E-state index in [-0.39, 0.29) is 17.7 Å². The lowest BCUT2D eigenvalue weighted by Gasteiger charge is -2.16. The molecule has 140 valence electrons. The summed E-state index contributed by atoms with van der Waals surface area (Å²) in [4.78, 5) is 0. The molecule has 26 heavy (non-hydrogen) atoms. The Morgan fingerprint density at radius 3 is 1.85 bits per heavy atom. The SMILES string of the molecule is Nc1ccc(CNC(=S)Nc2cc(C(F)(F)F)cc(C(F)(F)F)c2)cc1. The third-order valence-corrected chi connectivity index (χ3v) is 3.52. The highest BCUT2D eigenvalue weighted by Gasteiger charge is 2.37. The first-order valence-corrected chi connectivity index (χ1v) is 7.55. The molecule has 0 saturated heterocycles. The van der Waals surface area contributed by atoms with E-state index >= 15 is 0 Å². The normalized spacial score (nSPS) is 11.9. The Bertz CT molecular complexity index is 752. The average Bonchev–Trinajstić information content (AvgIpc) is 2.52. The third kappa shape index (κ3) is 5.51. The number of hydrogen-bond acceptors (Lipinski definition) is 2. The number of benzene rings is 2. The maximum Gasteiger partial charge on any atom is 0.416 e. The lowest BCUT2D eigenvalue weighted by molar-refractivity contribution is -0.143. The molecular formula is C16H13F6N3S. The highest BCUT2D eigenvalue weighted by atomic mass is 32.1. The molecule has 2 rings (SSSR count). The number of thiocarbonyl (C=S) groups is 1. The Morgan fingerprint density at radius 2 is 1.38 bits per heavy atom. The highest BCUT2D eigenvalue weighted by molar-refractivity contribution is 7.80. The summed E-state index contributed by atoms with van der Waals surface area (Å²) in [5.74, 6) is 0. The summed E-state index contributed by atoms with van der Waals surface area (Å²) in [5.41, 5.74) is 3.62. The van der Waals surface area contributed by atoms with Crippen LogP contribution in [0.3, 0.4) is 0 Å². The fourth-order valence-corrected chi connectivity index (χ4v) is 2.21. The Kier molecular flexibility index (Phi) is 5.65. The minimum atomic E-state index is -4.92. The first-order valence-electron chi connectivity index (χ1n) is 7.14. The van der Waals surface area contributed by atoms with Gasteiger partial charge in [0.05, 0.1) is 11.1 Å². The molecule has 2 aromatic carbocycles. The Morgan fingerprint density at radius 1 is 0.885 bits per heavy atom. The van der Waals surface area contributed by atoms with E-state index in [1.54, 1.807) is 24.3 Å². The molecule has 0 spiro atoms. The molecule has 0 bridgehead atoms. The number of nitrogens with two attached hydrogens (primary N) is 1. The summed E-state index contributed by atoms with van der Waals surface area (Å²) in [6.07, 6.45) is -9.84. The summed E-state index contributed by atoms with van der Waals surface area (Å²) in [6, 6.07) is 7.88. The molecule has 3 nitrogen and oxygen atoms in total. The second kappa shape index (κ2) is 7.40. The Balaban J connectivity index is 2.14. The van der Waals surface area contributed by atoms with Crippen LogP contribution in [-0.4, -0.2) is 5.11 Å². The molecule has 0 heterocycles. The molecule has 4 N–H and O–H groups in total. The van der Waals surface area contributed by atoms with Crippen LogP contribution in [0.25, 0.3) is 0 Å². The summed E-state index contributed by atoms with van der Waals surface area (Å²) < 4.78 is 76.9. The predicted octanol–water partition coefficient (Wildman–Crippen LogP) is 4.79. The van der Waals surface area contributed by atoms with Crippen molar-refractivity contribution in [3.63, 3.8) is 0 Å². The highest BCUT2D eigenvalue weighted by Crippen LogP contribution is 2.37. The standard InChI is InChI=1S/C16H13F6N3S/c17-15(18,19)10-5-11(16(20,21)22)7-13(6-10)25-14(26)24-8-9-1-3-12(23)4-2-9/h1-7H,8,23H2,(H2,24,25,26). The number of halogens is 6. The molecule has 0 fully saturated rings. The van der Waals surface area contributed by atoms with E-state index in [0.29, 0.717) is 17.8 Å². The van der Waals surface area contributed by atoms with Gasteiger partial charge in [0.25, 0.3) is 0 Å². The van der Waals surface area contributed by atoms with Gasteiger partial charge in [-0.3, -0.25) is 0 Å². The monoisotopic (exact) mass is 393 g/mol. The van der Waals surface area contributed by atoms with Crippen LogP contribution in [0.1, 0.15) is 16.7 Å². The van der Waals surface area contributed by atoms with Gasteiger partial charge >= 0.3 is 12.4 Å². The van der Waals surface area contributed by atoms with Crippen molar-refractivity contribution < 1.29 is 26.3 Å². The molecule has 0 unspecified atom stereocenters. The van der Waals surface area contributed by atoms with E-state index in [2.05, 4.69) is 10.6 Å². The van der Waals surface area contributed by atoms with Crippen molar-refractivity contribution in [2.24, 2.45) is 0 Å². The third-order valence-electron chi connectivity index (χ3n) is 3.28. The summed E-state index contributed by atoms with van der Waals surface area (Å²) in [5, 5.41) is 4.93. The van der Waals surface area contributed by atoms with Crippen molar-refractivity contribution in [1.29, 1.82) is 0 Å². The van der Waals surface area contributed by atoms with E-state index < -0.39 is 29.2 Å². The number of nitrogen functional groups attached to an aromatic ring is 1. The molecule has 0 aliphatic heterocycles. The van der Waals surface area contributed by atoms with Gasteiger partial charge in [-0.25, -0.2) is 0 Å². The molecule has 0 saturated carbocycles.